The van der Waals surface area contributed by atoms with E-state index in [4.69, 9.17) is 0 Å². The Morgan fingerprint density at radius 3 is 2.29 bits per heavy atom. The smallest absolute Gasteiger partial charge is 0.315 e. The van der Waals surface area contributed by atoms with Gasteiger partial charge in [0, 0.05) is 6.54 Å². The van der Waals surface area contributed by atoms with E-state index >= 15 is 0 Å². The predicted molar refractivity (Wildman–Crippen MR) is 89.2 cm³/mol. The molecule has 4 nitrogen and oxygen atoms in total. The average molecular weight is 329 g/mol. The van der Waals surface area contributed by atoms with Crippen molar-refractivity contribution in [3.63, 3.8) is 0 Å². The van der Waals surface area contributed by atoms with Crippen LogP contribution >= 0.6 is 0 Å². The van der Waals surface area contributed by atoms with E-state index in [1.807, 2.05) is 6.07 Å². The maximum Gasteiger partial charge on any atom is 0.315 e. The number of benzene rings is 2. The van der Waals surface area contributed by atoms with Gasteiger partial charge in [-0.3, -0.25) is 9.59 Å². The van der Waals surface area contributed by atoms with Crippen LogP contribution in [0.15, 0.2) is 54.6 Å². The largest absolute Gasteiger partial charge is 0.481 e. The number of aliphatic carboxylic acids is 1. The van der Waals surface area contributed by atoms with Crippen LogP contribution in [-0.2, 0) is 21.4 Å². The minimum absolute atomic E-state index is 0.0455. The molecule has 0 saturated carbocycles. The van der Waals surface area contributed by atoms with E-state index in [2.05, 4.69) is 5.32 Å². The van der Waals surface area contributed by atoms with Crippen molar-refractivity contribution in [3.05, 3.63) is 71.5 Å². The van der Waals surface area contributed by atoms with Crippen molar-refractivity contribution < 1.29 is 19.1 Å². The number of carbonyl (C=O) groups is 2. The fourth-order valence-corrected chi connectivity index (χ4v) is 2.67. The Balaban J connectivity index is 2.12. The van der Waals surface area contributed by atoms with Gasteiger partial charge >= 0.3 is 5.97 Å². The zero-order chi connectivity index (χ0) is 17.6. The second-order valence-electron chi connectivity index (χ2n) is 5.65. The number of carboxylic acid groups (broad SMARTS) is 1. The molecule has 2 N–H and O–H groups in total. The summed E-state index contributed by atoms with van der Waals surface area (Å²) in [5.74, 6) is -1.85. The topological polar surface area (TPSA) is 66.4 Å². The molecule has 24 heavy (non-hydrogen) atoms. The lowest BCUT2D eigenvalue weighted by Crippen LogP contribution is -2.46. The van der Waals surface area contributed by atoms with Crippen LogP contribution in [0.5, 0.6) is 0 Å². The van der Waals surface area contributed by atoms with Crippen molar-refractivity contribution in [1.82, 2.24) is 5.32 Å². The molecule has 1 atom stereocenters. The van der Waals surface area contributed by atoms with Gasteiger partial charge < -0.3 is 10.4 Å². The number of nitrogens with one attached hydrogen (secondary N) is 1. The molecule has 0 heterocycles. The molecular formula is C19H20FNO3. The van der Waals surface area contributed by atoms with Gasteiger partial charge in [0.05, 0.1) is 6.42 Å². The van der Waals surface area contributed by atoms with Crippen LogP contribution in [0.2, 0.25) is 0 Å². The molecule has 1 amide bonds. The summed E-state index contributed by atoms with van der Waals surface area (Å²) in [6.07, 6.45) is 0.202. The first-order valence-electron chi connectivity index (χ1n) is 7.78. The lowest BCUT2D eigenvalue weighted by molar-refractivity contribution is -0.144. The maximum absolute atomic E-state index is 13.6. The molecule has 0 spiro atoms. The second kappa shape index (κ2) is 7.73. The quantitative estimate of drug-likeness (QED) is 0.821. The van der Waals surface area contributed by atoms with E-state index in [-0.39, 0.29) is 18.5 Å². The van der Waals surface area contributed by atoms with Crippen LogP contribution in [-0.4, -0.2) is 23.5 Å². The number of rotatable bonds is 7. The number of amides is 1. The highest BCUT2D eigenvalue weighted by atomic mass is 19.1. The molecule has 0 saturated heterocycles. The van der Waals surface area contributed by atoms with Crippen molar-refractivity contribution >= 4 is 11.9 Å². The van der Waals surface area contributed by atoms with Gasteiger partial charge in [0.2, 0.25) is 5.91 Å². The lowest BCUT2D eigenvalue weighted by atomic mass is 9.78. The lowest BCUT2D eigenvalue weighted by Gasteiger charge is -2.29. The monoisotopic (exact) mass is 329 g/mol. The van der Waals surface area contributed by atoms with Gasteiger partial charge in [0.25, 0.3) is 0 Å². The van der Waals surface area contributed by atoms with Crippen molar-refractivity contribution in [2.45, 2.75) is 25.2 Å². The van der Waals surface area contributed by atoms with Crippen molar-refractivity contribution in [2.24, 2.45) is 0 Å². The summed E-state index contributed by atoms with van der Waals surface area (Å²) < 4.78 is 13.6. The van der Waals surface area contributed by atoms with Crippen LogP contribution < -0.4 is 5.32 Å². The molecular weight excluding hydrogens is 309 g/mol. The molecule has 2 aromatic carbocycles. The number of hydrogen-bond donors (Lipinski definition) is 2. The third-order valence-corrected chi connectivity index (χ3v) is 4.24. The molecule has 0 fully saturated rings. The zero-order valence-corrected chi connectivity index (χ0v) is 13.5. The third kappa shape index (κ3) is 3.79. The zero-order valence-electron chi connectivity index (χ0n) is 13.5. The Kier molecular flexibility index (Phi) is 5.68. The molecule has 0 bridgehead atoms. The van der Waals surface area contributed by atoms with Gasteiger partial charge in [-0.2, -0.15) is 0 Å². The summed E-state index contributed by atoms with van der Waals surface area (Å²) in [5.41, 5.74) is -0.287. The number of hydrogen-bond acceptors (Lipinski definition) is 2. The Hall–Kier alpha value is -2.69. The Labute approximate surface area is 140 Å². The van der Waals surface area contributed by atoms with E-state index in [9.17, 15) is 19.1 Å². The van der Waals surface area contributed by atoms with E-state index in [1.54, 1.807) is 43.3 Å². The predicted octanol–water partition coefficient (Wildman–Crippen LogP) is 2.92. The molecule has 126 valence electrons. The highest BCUT2D eigenvalue weighted by molar-refractivity contribution is 5.84. The summed E-state index contributed by atoms with van der Waals surface area (Å²) in [6, 6.07) is 14.9. The van der Waals surface area contributed by atoms with Gasteiger partial charge in [0.15, 0.2) is 0 Å². The fraction of sp³-hybridized carbons (Fsp3) is 0.263. The molecule has 5 heteroatoms. The molecule has 0 aliphatic heterocycles. The van der Waals surface area contributed by atoms with Gasteiger partial charge in [-0.25, -0.2) is 4.39 Å². The average Bonchev–Trinajstić information content (AvgIpc) is 2.58. The molecule has 0 radical (unpaired) electrons. The molecule has 1 unspecified atom stereocenters. The molecule has 0 aromatic heterocycles. The van der Waals surface area contributed by atoms with E-state index < -0.39 is 23.1 Å². The minimum atomic E-state index is -1.20. The highest BCUT2D eigenvalue weighted by Crippen LogP contribution is 2.27. The SMILES string of the molecule is CCC(CNC(=O)Cc1ccccc1F)(C(=O)O)c1ccccc1. The summed E-state index contributed by atoms with van der Waals surface area (Å²) in [6.45, 7) is 1.72. The van der Waals surface area contributed by atoms with Crippen molar-refractivity contribution in [1.29, 1.82) is 0 Å². The third-order valence-electron chi connectivity index (χ3n) is 4.24. The highest BCUT2D eigenvalue weighted by Gasteiger charge is 2.38. The van der Waals surface area contributed by atoms with E-state index in [1.165, 1.54) is 12.1 Å². The summed E-state index contributed by atoms with van der Waals surface area (Å²) >= 11 is 0. The normalized spacial score (nSPS) is 13.1. The Morgan fingerprint density at radius 1 is 1.08 bits per heavy atom. The van der Waals surface area contributed by atoms with Crippen molar-refractivity contribution in [2.75, 3.05) is 6.54 Å². The van der Waals surface area contributed by atoms with Crippen molar-refractivity contribution in [3.8, 4) is 0 Å². The van der Waals surface area contributed by atoms with Gasteiger partial charge in [-0.15, -0.1) is 0 Å². The molecule has 0 aliphatic carbocycles. The minimum Gasteiger partial charge on any atom is -0.481 e. The van der Waals surface area contributed by atoms with Crippen LogP contribution in [0.1, 0.15) is 24.5 Å². The fourth-order valence-electron chi connectivity index (χ4n) is 2.67. The molecule has 0 aliphatic rings. The standard InChI is InChI=1S/C19H20FNO3/c1-2-19(18(23)24,15-9-4-3-5-10-15)13-21-17(22)12-14-8-6-7-11-16(14)20/h3-11H,2,12-13H2,1H3,(H,21,22)(H,23,24). The van der Waals surface area contributed by atoms with Crippen LogP contribution in [0.4, 0.5) is 4.39 Å². The summed E-state index contributed by atoms with van der Waals surface area (Å²) in [4.78, 5) is 24.0. The van der Waals surface area contributed by atoms with Gasteiger partial charge in [0.1, 0.15) is 11.2 Å². The summed E-state index contributed by atoms with van der Waals surface area (Å²) in [5, 5.41) is 12.4. The summed E-state index contributed by atoms with van der Waals surface area (Å²) in [7, 11) is 0. The van der Waals surface area contributed by atoms with Crippen LogP contribution in [0.3, 0.4) is 0 Å². The number of carboxylic acids is 1. The molecule has 2 aromatic rings. The second-order valence-corrected chi connectivity index (χ2v) is 5.65. The van der Waals surface area contributed by atoms with Crippen LogP contribution in [0, 0.1) is 5.82 Å². The number of halogens is 1. The van der Waals surface area contributed by atoms with E-state index in [0.29, 0.717) is 12.0 Å². The first-order valence-corrected chi connectivity index (χ1v) is 7.78. The van der Waals surface area contributed by atoms with Gasteiger partial charge in [-0.1, -0.05) is 55.5 Å². The Morgan fingerprint density at radius 2 is 1.71 bits per heavy atom. The van der Waals surface area contributed by atoms with E-state index in [0.717, 1.165) is 0 Å². The van der Waals surface area contributed by atoms with Gasteiger partial charge in [-0.05, 0) is 23.6 Å². The first kappa shape index (κ1) is 17.7. The van der Waals surface area contributed by atoms with Crippen LogP contribution in [0.25, 0.3) is 0 Å². The number of carbonyl (C=O) groups excluding carboxylic acids is 1. The maximum atomic E-state index is 13.6. The first-order chi connectivity index (χ1) is 11.5. The Bertz CT molecular complexity index is 718. The molecule has 2 rings (SSSR count).